The summed E-state index contributed by atoms with van der Waals surface area (Å²) < 4.78 is 5.46. The third-order valence-electron chi connectivity index (χ3n) is 3.61. The van der Waals surface area contributed by atoms with E-state index in [1.54, 1.807) is 0 Å². The zero-order chi connectivity index (χ0) is 14.0. The van der Waals surface area contributed by atoms with Gasteiger partial charge in [0.1, 0.15) is 5.60 Å². The Bertz CT molecular complexity index is 436. The zero-order valence-corrected chi connectivity index (χ0v) is 12.2. The highest BCUT2D eigenvalue weighted by molar-refractivity contribution is 5.69. The Kier molecular flexibility index (Phi) is 3.83. The normalized spacial score (nSPS) is 23.5. The molecule has 1 aliphatic rings. The topological polar surface area (TPSA) is 29.5 Å². The number of amides is 1. The van der Waals surface area contributed by atoms with E-state index in [4.69, 9.17) is 4.74 Å². The van der Waals surface area contributed by atoms with Gasteiger partial charge in [0.05, 0.1) is 0 Å². The Morgan fingerprint density at radius 2 is 1.89 bits per heavy atom. The number of ether oxygens (including phenoxy) is 1. The maximum absolute atomic E-state index is 12.2. The van der Waals surface area contributed by atoms with Crippen molar-refractivity contribution in [3.05, 3.63) is 35.9 Å². The summed E-state index contributed by atoms with van der Waals surface area (Å²) >= 11 is 0. The van der Waals surface area contributed by atoms with Crippen molar-refractivity contribution in [1.29, 1.82) is 0 Å². The molecule has 2 atom stereocenters. The van der Waals surface area contributed by atoms with Crippen LogP contribution in [0.1, 0.15) is 45.6 Å². The molecule has 1 amide bonds. The van der Waals surface area contributed by atoms with Crippen LogP contribution in [0.4, 0.5) is 4.79 Å². The molecule has 1 aromatic rings. The minimum absolute atomic E-state index is 0.192. The van der Waals surface area contributed by atoms with Crippen LogP contribution in [0.2, 0.25) is 0 Å². The van der Waals surface area contributed by atoms with Crippen LogP contribution in [0.3, 0.4) is 0 Å². The van der Waals surface area contributed by atoms with Gasteiger partial charge in [-0.1, -0.05) is 30.3 Å². The second-order valence-corrected chi connectivity index (χ2v) is 6.22. The van der Waals surface area contributed by atoms with E-state index in [-0.39, 0.29) is 12.1 Å². The van der Waals surface area contributed by atoms with E-state index in [1.807, 2.05) is 31.7 Å². The Morgan fingerprint density at radius 1 is 1.26 bits per heavy atom. The molecule has 0 bridgehead atoms. The molecule has 1 heterocycles. The van der Waals surface area contributed by atoms with Crippen LogP contribution in [0.25, 0.3) is 0 Å². The SMILES string of the molecule is CC1C(c2ccccc2)CCN1C(=O)OC(C)(C)C. The van der Waals surface area contributed by atoms with Crippen LogP contribution >= 0.6 is 0 Å². The zero-order valence-electron chi connectivity index (χ0n) is 12.2. The lowest BCUT2D eigenvalue weighted by Crippen LogP contribution is -2.39. The Morgan fingerprint density at radius 3 is 2.47 bits per heavy atom. The van der Waals surface area contributed by atoms with Crippen LogP contribution in [0.15, 0.2) is 30.3 Å². The molecule has 0 aliphatic carbocycles. The number of hydrogen-bond acceptors (Lipinski definition) is 2. The third kappa shape index (κ3) is 3.28. The van der Waals surface area contributed by atoms with Crippen LogP contribution in [-0.2, 0) is 4.74 Å². The maximum Gasteiger partial charge on any atom is 0.410 e. The molecule has 1 aromatic carbocycles. The highest BCUT2D eigenvalue weighted by Crippen LogP contribution is 2.33. The van der Waals surface area contributed by atoms with Crippen molar-refractivity contribution in [2.75, 3.05) is 6.54 Å². The molecule has 0 N–H and O–H groups in total. The molecule has 0 radical (unpaired) electrons. The van der Waals surface area contributed by atoms with E-state index < -0.39 is 5.60 Å². The molecule has 0 spiro atoms. The lowest BCUT2D eigenvalue weighted by molar-refractivity contribution is 0.0233. The monoisotopic (exact) mass is 261 g/mol. The second kappa shape index (κ2) is 5.24. The van der Waals surface area contributed by atoms with Crippen LogP contribution in [-0.4, -0.2) is 29.2 Å². The molecule has 1 saturated heterocycles. The van der Waals surface area contributed by atoms with E-state index in [2.05, 4.69) is 31.2 Å². The predicted molar refractivity (Wildman–Crippen MR) is 76.2 cm³/mol. The first-order chi connectivity index (χ1) is 8.88. The smallest absolute Gasteiger partial charge is 0.410 e. The van der Waals surface area contributed by atoms with E-state index >= 15 is 0 Å². The fraction of sp³-hybridized carbons (Fsp3) is 0.562. The van der Waals surface area contributed by atoms with Crippen LogP contribution < -0.4 is 0 Å². The molecular weight excluding hydrogens is 238 g/mol. The average molecular weight is 261 g/mol. The molecule has 0 aromatic heterocycles. The summed E-state index contributed by atoms with van der Waals surface area (Å²) in [6, 6.07) is 10.6. The molecule has 2 unspecified atom stereocenters. The van der Waals surface area contributed by atoms with Crippen molar-refractivity contribution >= 4 is 6.09 Å². The van der Waals surface area contributed by atoms with Gasteiger partial charge in [-0.3, -0.25) is 0 Å². The number of benzene rings is 1. The molecular formula is C16H23NO2. The van der Waals surface area contributed by atoms with E-state index in [1.165, 1.54) is 5.56 Å². The number of hydrogen-bond donors (Lipinski definition) is 0. The van der Waals surface area contributed by atoms with Crippen molar-refractivity contribution in [1.82, 2.24) is 4.90 Å². The second-order valence-electron chi connectivity index (χ2n) is 6.22. The highest BCUT2D eigenvalue weighted by atomic mass is 16.6. The lowest BCUT2D eigenvalue weighted by atomic mass is 9.93. The average Bonchev–Trinajstić information content (AvgIpc) is 2.70. The largest absolute Gasteiger partial charge is 0.444 e. The minimum Gasteiger partial charge on any atom is -0.444 e. The number of carbonyl (C=O) groups is 1. The third-order valence-corrected chi connectivity index (χ3v) is 3.61. The minimum atomic E-state index is -0.429. The van der Waals surface area contributed by atoms with Gasteiger partial charge in [-0.2, -0.15) is 0 Å². The summed E-state index contributed by atoms with van der Waals surface area (Å²) in [4.78, 5) is 14.0. The molecule has 3 heteroatoms. The van der Waals surface area contributed by atoms with E-state index in [0.29, 0.717) is 5.92 Å². The van der Waals surface area contributed by atoms with Crippen molar-refractivity contribution < 1.29 is 9.53 Å². The Hall–Kier alpha value is -1.51. The maximum atomic E-state index is 12.2. The van der Waals surface area contributed by atoms with Gasteiger partial charge < -0.3 is 9.64 Å². The summed E-state index contributed by atoms with van der Waals surface area (Å²) in [5.41, 5.74) is 0.878. The molecule has 0 saturated carbocycles. The van der Waals surface area contributed by atoms with Crippen LogP contribution in [0, 0.1) is 0 Å². The first-order valence-electron chi connectivity index (χ1n) is 6.93. The van der Waals surface area contributed by atoms with Gasteiger partial charge in [0.2, 0.25) is 0 Å². The van der Waals surface area contributed by atoms with Gasteiger partial charge in [0.25, 0.3) is 0 Å². The van der Waals surface area contributed by atoms with Gasteiger partial charge in [0.15, 0.2) is 0 Å². The standard InChI is InChI=1S/C16H23NO2/c1-12-14(13-8-6-5-7-9-13)10-11-17(12)15(18)19-16(2,3)4/h5-9,12,14H,10-11H2,1-4H3. The highest BCUT2D eigenvalue weighted by Gasteiger charge is 2.36. The van der Waals surface area contributed by atoms with Crippen molar-refractivity contribution in [2.45, 2.75) is 51.7 Å². The molecule has 3 nitrogen and oxygen atoms in total. The first-order valence-corrected chi connectivity index (χ1v) is 6.93. The lowest BCUT2D eigenvalue weighted by Gasteiger charge is -2.28. The predicted octanol–water partition coefficient (Wildman–Crippen LogP) is 3.80. The van der Waals surface area contributed by atoms with Gasteiger partial charge in [0, 0.05) is 18.5 Å². The first kappa shape index (κ1) is 13.9. The Balaban J connectivity index is 2.06. The summed E-state index contributed by atoms with van der Waals surface area (Å²) in [5, 5.41) is 0. The molecule has 2 rings (SSSR count). The number of rotatable bonds is 1. The molecule has 1 aliphatic heterocycles. The van der Waals surface area contributed by atoms with Gasteiger partial charge in [-0.05, 0) is 39.7 Å². The van der Waals surface area contributed by atoms with Crippen LogP contribution in [0.5, 0.6) is 0 Å². The van der Waals surface area contributed by atoms with Gasteiger partial charge >= 0.3 is 6.09 Å². The van der Waals surface area contributed by atoms with Gasteiger partial charge in [-0.25, -0.2) is 4.79 Å². The number of nitrogens with zero attached hydrogens (tertiary/aromatic N) is 1. The number of carbonyl (C=O) groups excluding carboxylic acids is 1. The summed E-state index contributed by atoms with van der Waals surface area (Å²) in [6.07, 6.45) is 0.808. The van der Waals surface area contributed by atoms with Crippen molar-refractivity contribution in [3.63, 3.8) is 0 Å². The van der Waals surface area contributed by atoms with E-state index in [0.717, 1.165) is 13.0 Å². The molecule has 19 heavy (non-hydrogen) atoms. The molecule has 1 fully saturated rings. The van der Waals surface area contributed by atoms with E-state index in [9.17, 15) is 4.79 Å². The van der Waals surface area contributed by atoms with Crippen molar-refractivity contribution in [3.8, 4) is 0 Å². The fourth-order valence-corrected chi connectivity index (χ4v) is 2.66. The molecule has 104 valence electrons. The van der Waals surface area contributed by atoms with Crippen molar-refractivity contribution in [2.24, 2.45) is 0 Å². The summed E-state index contributed by atoms with van der Waals surface area (Å²) in [7, 11) is 0. The fourth-order valence-electron chi connectivity index (χ4n) is 2.66. The summed E-state index contributed by atoms with van der Waals surface area (Å²) in [6.45, 7) is 8.59. The summed E-state index contributed by atoms with van der Waals surface area (Å²) in [5.74, 6) is 0.411. The number of likely N-dealkylation sites (tertiary alicyclic amines) is 1. The quantitative estimate of drug-likeness (QED) is 0.769. The Labute approximate surface area is 115 Å². The van der Waals surface area contributed by atoms with Gasteiger partial charge in [-0.15, -0.1) is 0 Å².